The van der Waals surface area contributed by atoms with Crippen molar-refractivity contribution in [3.8, 4) is 11.5 Å². The fourth-order valence-corrected chi connectivity index (χ4v) is 4.01. The summed E-state index contributed by atoms with van der Waals surface area (Å²) in [5.74, 6) is 1.35. The molecule has 1 atom stereocenters. The third-order valence-corrected chi connectivity index (χ3v) is 5.81. The van der Waals surface area contributed by atoms with Crippen LogP contribution in [0.2, 0.25) is 0 Å². The van der Waals surface area contributed by atoms with Crippen LogP contribution in [0.5, 0.6) is 11.5 Å². The fourth-order valence-electron chi connectivity index (χ4n) is 2.86. The van der Waals surface area contributed by atoms with Crippen molar-refractivity contribution in [2.45, 2.75) is 31.8 Å². The van der Waals surface area contributed by atoms with Crippen LogP contribution in [0.25, 0.3) is 0 Å². The van der Waals surface area contributed by atoms with E-state index in [1.807, 2.05) is 10.8 Å². The Kier molecular flexibility index (Phi) is 8.15. The van der Waals surface area contributed by atoms with E-state index in [0.29, 0.717) is 32.8 Å². The molecule has 0 amide bonds. The van der Waals surface area contributed by atoms with Crippen molar-refractivity contribution < 1.29 is 31.7 Å². The summed E-state index contributed by atoms with van der Waals surface area (Å²) in [7, 11) is 0.0254. The number of rotatable bonds is 12. The minimum absolute atomic E-state index is 0.0509. The molecule has 0 N–H and O–H groups in total. The van der Waals surface area contributed by atoms with Crippen molar-refractivity contribution in [3.63, 3.8) is 0 Å². The summed E-state index contributed by atoms with van der Waals surface area (Å²) in [6, 6.07) is 0. The van der Waals surface area contributed by atoms with Gasteiger partial charge >= 0.3 is 0 Å². The van der Waals surface area contributed by atoms with E-state index in [4.69, 9.17) is 14.2 Å². The third-order valence-electron chi connectivity index (χ3n) is 4.33. The molecule has 0 bridgehead atoms. The standard InChI is InChI=1S/C17H29NO6S2/c1-18(2,8-6-10-26(19,20)21)7-4-3-5-9-22-11-15-12-23-16-13-25-14-17(16)24-15/h13-15H,3-12H2,1-2H3. The first-order chi connectivity index (χ1) is 12.3. The number of quaternary nitrogens is 1. The second kappa shape index (κ2) is 9.89. The average Bonchev–Trinajstić information content (AvgIpc) is 3.00. The van der Waals surface area contributed by atoms with Crippen LogP contribution in [0.4, 0.5) is 0 Å². The van der Waals surface area contributed by atoms with Crippen LogP contribution in [0.1, 0.15) is 25.7 Å². The Morgan fingerprint density at radius 3 is 2.69 bits per heavy atom. The zero-order chi connectivity index (χ0) is 19.0. The number of thiophene rings is 1. The molecule has 0 aromatic carbocycles. The molecule has 1 aliphatic heterocycles. The summed E-state index contributed by atoms with van der Waals surface area (Å²) in [5, 5.41) is 3.88. The summed E-state index contributed by atoms with van der Waals surface area (Å²) in [4.78, 5) is 0. The zero-order valence-corrected chi connectivity index (χ0v) is 17.1. The first-order valence-electron chi connectivity index (χ1n) is 8.94. The quantitative estimate of drug-likeness (QED) is 0.300. The fraction of sp³-hybridized carbons (Fsp3) is 0.765. The Morgan fingerprint density at radius 1 is 1.19 bits per heavy atom. The van der Waals surface area contributed by atoms with Gasteiger partial charge in [-0.15, -0.1) is 11.3 Å². The van der Waals surface area contributed by atoms with Gasteiger partial charge in [-0.2, -0.15) is 0 Å². The van der Waals surface area contributed by atoms with Crippen molar-refractivity contribution >= 4 is 21.5 Å². The highest BCUT2D eigenvalue weighted by Crippen LogP contribution is 2.35. The van der Waals surface area contributed by atoms with E-state index >= 15 is 0 Å². The lowest BCUT2D eigenvalue weighted by Gasteiger charge is -2.30. The molecule has 9 heteroatoms. The van der Waals surface area contributed by atoms with E-state index < -0.39 is 10.1 Å². The number of nitrogens with zero attached hydrogens (tertiary/aromatic N) is 1. The monoisotopic (exact) mass is 407 g/mol. The number of hydrogen-bond acceptors (Lipinski definition) is 7. The topological polar surface area (TPSA) is 84.9 Å². The molecule has 0 saturated heterocycles. The first-order valence-corrected chi connectivity index (χ1v) is 11.5. The number of unbranched alkanes of at least 4 members (excludes halogenated alkanes) is 2. The number of hydrogen-bond donors (Lipinski definition) is 0. The molecule has 150 valence electrons. The maximum atomic E-state index is 10.6. The van der Waals surface area contributed by atoms with Gasteiger partial charge in [-0.05, 0) is 19.3 Å². The molecule has 0 spiro atoms. The minimum atomic E-state index is -4.10. The van der Waals surface area contributed by atoms with E-state index in [-0.39, 0.29) is 11.9 Å². The van der Waals surface area contributed by atoms with E-state index in [9.17, 15) is 13.0 Å². The van der Waals surface area contributed by atoms with Gasteiger partial charge in [-0.1, -0.05) is 0 Å². The van der Waals surface area contributed by atoms with E-state index in [2.05, 4.69) is 14.1 Å². The maximum absolute atomic E-state index is 10.6. The summed E-state index contributed by atoms with van der Waals surface area (Å²) in [5.41, 5.74) is 0. The summed E-state index contributed by atoms with van der Waals surface area (Å²) in [6.45, 7) is 3.40. The van der Waals surface area contributed by atoms with Crippen LogP contribution in [0.3, 0.4) is 0 Å². The number of fused-ring (bicyclic) bond motifs is 1. The molecular weight excluding hydrogens is 378 g/mol. The largest absolute Gasteiger partial charge is 0.748 e. The maximum Gasteiger partial charge on any atom is 0.172 e. The lowest BCUT2D eigenvalue weighted by Crippen LogP contribution is -2.41. The Balaban J connectivity index is 1.48. The first kappa shape index (κ1) is 21.4. The molecule has 1 aromatic heterocycles. The molecule has 1 unspecified atom stereocenters. The summed E-state index contributed by atoms with van der Waals surface area (Å²) in [6.07, 6.45) is 3.44. The molecule has 0 radical (unpaired) electrons. The van der Waals surface area contributed by atoms with Crippen molar-refractivity contribution in [1.29, 1.82) is 0 Å². The van der Waals surface area contributed by atoms with Gasteiger partial charge in [0.05, 0.1) is 43.9 Å². The highest BCUT2D eigenvalue weighted by Gasteiger charge is 2.21. The molecule has 2 heterocycles. The molecule has 0 fully saturated rings. The van der Waals surface area contributed by atoms with Gasteiger partial charge in [0.25, 0.3) is 0 Å². The van der Waals surface area contributed by atoms with E-state index in [0.717, 1.165) is 41.8 Å². The normalized spacial score (nSPS) is 17.4. The molecule has 0 saturated carbocycles. The highest BCUT2D eigenvalue weighted by molar-refractivity contribution is 7.85. The van der Waals surface area contributed by atoms with Crippen LogP contribution in [-0.2, 0) is 14.9 Å². The average molecular weight is 408 g/mol. The van der Waals surface area contributed by atoms with Gasteiger partial charge in [0, 0.05) is 29.5 Å². The van der Waals surface area contributed by atoms with Crippen molar-refractivity contribution in [1.82, 2.24) is 0 Å². The van der Waals surface area contributed by atoms with Crippen LogP contribution < -0.4 is 9.47 Å². The highest BCUT2D eigenvalue weighted by atomic mass is 32.2. The Hall–Kier alpha value is -0.870. The van der Waals surface area contributed by atoms with Crippen LogP contribution in [0, 0.1) is 0 Å². The molecule has 2 rings (SSSR count). The van der Waals surface area contributed by atoms with Crippen LogP contribution in [0.15, 0.2) is 10.8 Å². The van der Waals surface area contributed by atoms with Crippen LogP contribution in [-0.4, -0.2) is 76.3 Å². The summed E-state index contributed by atoms with van der Waals surface area (Å²) < 4.78 is 49.8. The zero-order valence-electron chi connectivity index (χ0n) is 15.5. The predicted molar refractivity (Wildman–Crippen MR) is 99.9 cm³/mol. The van der Waals surface area contributed by atoms with Gasteiger partial charge in [0.2, 0.25) is 0 Å². The third kappa shape index (κ3) is 8.22. The van der Waals surface area contributed by atoms with Gasteiger partial charge in [0.1, 0.15) is 6.61 Å². The van der Waals surface area contributed by atoms with Crippen molar-refractivity contribution in [3.05, 3.63) is 10.8 Å². The molecule has 1 aromatic rings. The summed E-state index contributed by atoms with van der Waals surface area (Å²) >= 11 is 1.57. The second-order valence-corrected chi connectivity index (χ2v) is 9.55. The Morgan fingerprint density at radius 2 is 1.92 bits per heavy atom. The lowest BCUT2D eigenvalue weighted by atomic mass is 10.2. The van der Waals surface area contributed by atoms with Crippen molar-refractivity contribution in [2.24, 2.45) is 0 Å². The van der Waals surface area contributed by atoms with E-state index in [1.54, 1.807) is 11.3 Å². The predicted octanol–water partition coefficient (Wildman–Crippen LogP) is 2.09. The smallest absolute Gasteiger partial charge is 0.172 e. The molecule has 7 nitrogen and oxygen atoms in total. The van der Waals surface area contributed by atoms with Gasteiger partial charge < -0.3 is 23.2 Å². The van der Waals surface area contributed by atoms with Crippen molar-refractivity contribution in [2.75, 3.05) is 52.8 Å². The second-order valence-electron chi connectivity index (χ2n) is 7.29. The van der Waals surface area contributed by atoms with Crippen LogP contribution >= 0.6 is 11.3 Å². The van der Waals surface area contributed by atoms with Gasteiger partial charge in [0.15, 0.2) is 17.6 Å². The molecule has 26 heavy (non-hydrogen) atoms. The Bertz CT molecular complexity index is 643. The number of ether oxygens (including phenoxy) is 3. The SMILES string of the molecule is C[N+](C)(CCCCCOCC1COc2cscc2O1)CCCS(=O)(=O)[O-]. The molecule has 0 aliphatic carbocycles. The minimum Gasteiger partial charge on any atom is -0.748 e. The Labute approximate surface area is 160 Å². The van der Waals surface area contributed by atoms with Gasteiger partial charge in [-0.25, -0.2) is 8.42 Å². The molecule has 1 aliphatic rings. The molecular formula is C17H29NO6S2. The lowest BCUT2D eigenvalue weighted by molar-refractivity contribution is -0.890. The van der Waals surface area contributed by atoms with Gasteiger partial charge in [-0.3, -0.25) is 0 Å². The van der Waals surface area contributed by atoms with E-state index in [1.165, 1.54) is 0 Å².